The van der Waals surface area contributed by atoms with E-state index in [0.29, 0.717) is 18.4 Å². The van der Waals surface area contributed by atoms with E-state index in [4.69, 9.17) is 4.74 Å². The number of esters is 1. The molecule has 0 aromatic heterocycles. The predicted octanol–water partition coefficient (Wildman–Crippen LogP) is 4.49. The largest absolute Gasteiger partial charge is 0.452 e. The fraction of sp³-hybridized carbons (Fsp3) is 0.333. The lowest BCUT2D eigenvalue weighted by atomic mass is 9.79. The van der Waals surface area contributed by atoms with E-state index in [-0.39, 0.29) is 0 Å². The molecule has 0 heterocycles. The Hall–Kier alpha value is -2.83. The minimum Gasteiger partial charge on any atom is -0.452 e. The summed E-state index contributed by atoms with van der Waals surface area (Å²) >= 11 is 0. The van der Waals surface area contributed by atoms with Crippen molar-refractivity contribution in [1.29, 1.82) is 0 Å². The van der Waals surface area contributed by atoms with E-state index in [1.807, 2.05) is 0 Å². The smallest absolute Gasteiger partial charge is 0.317 e. The van der Waals surface area contributed by atoms with Gasteiger partial charge in [0, 0.05) is 0 Å². The number of rotatable bonds is 5. The lowest BCUT2D eigenvalue weighted by Crippen LogP contribution is -2.40. The van der Waals surface area contributed by atoms with Crippen molar-refractivity contribution in [2.45, 2.75) is 44.1 Å². The molecule has 0 aliphatic heterocycles. The van der Waals surface area contributed by atoms with Gasteiger partial charge in [-0.15, -0.1) is 0 Å². The van der Waals surface area contributed by atoms with Gasteiger partial charge in [0.25, 0.3) is 5.91 Å². The highest BCUT2D eigenvalue weighted by atomic mass is 19.1. The number of nitrogens with one attached hydrogen (secondary N) is 1. The van der Waals surface area contributed by atoms with E-state index in [2.05, 4.69) is 5.32 Å². The first-order valence-electron chi connectivity index (χ1n) is 9.05. The van der Waals surface area contributed by atoms with E-state index >= 15 is 0 Å². The van der Waals surface area contributed by atoms with E-state index in [9.17, 15) is 22.8 Å². The standard InChI is InChI=1S/C21H20F3NO3/c1-13(19(26)25-18-16(23)5-4-6-17(18)24)28-20(27)21(11-2-3-12-21)14-7-9-15(22)10-8-14/h4-10,13H,2-3,11-12H2,1H3,(H,25,26)/t13-/m1/s1. The maximum atomic E-state index is 13.7. The van der Waals surface area contributed by atoms with Crippen LogP contribution in [0, 0.1) is 17.5 Å². The first kappa shape index (κ1) is 19.9. The van der Waals surface area contributed by atoms with E-state index in [1.54, 1.807) is 12.1 Å². The van der Waals surface area contributed by atoms with Gasteiger partial charge in [0.2, 0.25) is 0 Å². The number of carbonyl (C=O) groups excluding carboxylic acids is 2. The van der Waals surface area contributed by atoms with Crippen molar-refractivity contribution in [2.75, 3.05) is 5.32 Å². The number of halogens is 3. The Morgan fingerprint density at radius 3 is 2.14 bits per heavy atom. The number of carbonyl (C=O) groups is 2. The highest BCUT2D eigenvalue weighted by Gasteiger charge is 2.45. The fourth-order valence-electron chi connectivity index (χ4n) is 3.53. The number of amides is 1. The summed E-state index contributed by atoms with van der Waals surface area (Å²) in [7, 11) is 0. The van der Waals surface area contributed by atoms with Gasteiger partial charge in [-0.2, -0.15) is 0 Å². The molecule has 0 radical (unpaired) electrons. The van der Waals surface area contributed by atoms with Crippen LogP contribution in [0.4, 0.5) is 18.9 Å². The van der Waals surface area contributed by atoms with Gasteiger partial charge in [-0.1, -0.05) is 31.0 Å². The molecular weight excluding hydrogens is 371 g/mol. The van der Waals surface area contributed by atoms with Gasteiger partial charge in [0.05, 0.1) is 5.41 Å². The number of para-hydroxylation sites is 1. The molecule has 2 aromatic carbocycles. The van der Waals surface area contributed by atoms with Crippen molar-refractivity contribution in [1.82, 2.24) is 0 Å². The van der Waals surface area contributed by atoms with Gasteiger partial charge in [-0.25, -0.2) is 13.2 Å². The minimum absolute atomic E-state index is 0.412. The number of ether oxygens (including phenoxy) is 1. The molecule has 148 valence electrons. The van der Waals surface area contributed by atoms with Crippen LogP contribution >= 0.6 is 0 Å². The Kier molecular flexibility index (Phi) is 5.72. The van der Waals surface area contributed by atoms with Crippen LogP contribution in [-0.2, 0) is 19.7 Å². The minimum atomic E-state index is -1.26. The maximum Gasteiger partial charge on any atom is 0.317 e. The van der Waals surface area contributed by atoms with Crippen LogP contribution in [0.2, 0.25) is 0 Å². The van der Waals surface area contributed by atoms with Crippen molar-refractivity contribution in [3.05, 3.63) is 65.5 Å². The molecule has 1 N–H and O–H groups in total. The summed E-state index contributed by atoms with van der Waals surface area (Å²) < 4.78 is 46.0. The summed E-state index contributed by atoms with van der Waals surface area (Å²) in [5.41, 5.74) is -0.917. The Bertz CT molecular complexity index is 857. The molecular formula is C21H20F3NO3. The molecule has 4 nitrogen and oxygen atoms in total. The van der Waals surface area contributed by atoms with Gasteiger partial charge < -0.3 is 10.1 Å². The van der Waals surface area contributed by atoms with Crippen LogP contribution in [0.5, 0.6) is 0 Å². The maximum absolute atomic E-state index is 13.7. The molecule has 1 fully saturated rings. The highest BCUT2D eigenvalue weighted by molar-refractivity contribution is 5.96. The molecule has 1 saturated carbocycles. The van der Waals surface area contributed by atoms with Gasteiger partial charge in [0.1, 0.15) is 23.1 Å². The SMILES string of the molecule is C[C@@H](OC(=O)C1(c2ccc(F)cc2)CCCC1)C(=O)Nc1c(F)cccc1F. The molecule has 0 unspecified atom stereocenters. The molecule has 1 atom stereocenters. The molecule has 0 bridgehead atoms. The van der Waals surface area contributed by atoms with Gasteiger partial charge in [-0.3, -0.25) is 9.59 Å². The number of hydrogen-bond donors (Lipinski definition) is 1. The van der Waals surface area contributed by atoms with Gasteiger partial charge >= 0.3 is 5.97 Å². The zero-order valence-corrected chi connectivity index (χ0v) is 15.3. The Balaban J connectivity index is 1.74. The third-order valence-electron chi connectivity index (χ3n) is 5.11. The molecule has 1 amide bonds. The average molecular weight is 391 g/mol. The predicted molar refractivity (Wildman–Crippen MR) is 97.1 cm³/mol. The second-order valence-electron chi connectivity index (χ2n) is 6.93. The van der Waals surface area contributed by atoms with Crippen molar-refractivity contribution < 1.29 is 27.5 Å². The van der Waals surface area contributed by atoms with Crippen LogP contribution in [0.3, 0.4) is 0 Å². The van der Waals surface area contributed by atoms with E-state index in [0.717, 1.165) is 25.0 Å². The van der Waals surface area contributed by atoms with Crippen LogP contribution in [-0.4, -0.2) is 18.0 Å². The number of anilines is 1. The van der Waals surface area contributed by atoms with Gasteiger partial charge in [-0.05, 0) is 49.6 Å². The number of benzene rings is 2. The lowest BCUT2D eigenvalue weighted by Gasteiger charge is -2.28. The van der Waals surface area contributed by atoms with Crippen molar-refractivity contribution >= 4 is 17.6 Å². The van der Waals surface area contributed by atoms with E-state index in [1.165, 1.54) is 25.1 Å². The molecule has 1 aliphatic rings. The number of hydrogen-bond acceptors (Lipinski definition) is 3. The molecule has 1 aliphatic carbocycles. The first-order chi connectivity index (χ1) is 13.3. The Labute approximate surface area is 160 Å². The highest BCUT2D eigenvalue weighted by Crippen LogP contribution is 2.42. The van der Waals surface area contributed by atoms with Crippen molar-refractivity contribution in [2.24, 2.45) is 0 Å². The fourth-order valence-corrected chi connectivity index (χ4v) is 3.53. The normalized spacial score (nSPS) is 16.4. The second kappa shape index (κ2) is 8.04. The summed E-state index contributed by atoms with van der Waals surface area (Å²) in [6, 6.07) is 8.84. The summed E-state index contributed by atoms with van der Waals surface area (Å²) in [6.07, 6.45) is 1.38. The summed E-state index contributed by atoms with van der Waals surface area (Å²) in [6.45, 7) is 1.33. The zero-order chi connectivity index (χ0) is 20.3. The van der Waals surface area contributed by atoms with Crippen LogP contribution < -0.4 is 5.32 Å². The summed E-state index contributed by atoms with van der Waals surface area (Å²) in [4.78, 5) is 25.2. The van der Waals surface area contributed by atoms with E-state index < -0.39 is 46.5 Å². The third-order valence-corrected chi connectivity index (χ3v) is 5.11. The van der Waals surface area contributed by atoms with Gasteiger partial charge in [0.15, 0.2) is 6.10 Å². The van der Waals surface area contributed by atoms with Crippen LogP contribution in [0.15, 0.2) is 42.5 Å². The zero-order valence-electron chi connectivity index (χ0n) is 15.3. The molecule has 0 saturated heterocycles. The monoisotopic (exact) mass is 391 g/mol. The summed E-state index contributed by atoms with van der Waals surface area (Å²) in [5.74, 6) is -3.71. The Morgan fingerprint density at radius 1 is 1.00 bits per heavy atom. The second-order valence-corrected chi connectivity index (χ2v) is 6.93. The average Bonchev–Trinajstić information content (AvgIpc) is 3.16. The molecule has 0 spiro atoms. The lowest BCUT2D eigenvalue weighted by molar-refractivity contribution is -0.159. The van der Waals surface area contributed by atoms with Crippen LogP contribution in [0.1, 0.15) is 38.2 Å². The Morgan fingerprint density at radius 2 is 1.57 bits per heavy atom. The third kappa shape index (κ3) is 3.88. The van der Waals surface area contributed by atoms with Crippen molar-refractivity contribution in [3.8, 4) is 0 Å². The quantitative estimate of drug-likeness (QED) is 0.765. The molecule has 28 heavy (non-hydrogen) atoms. The molecule has 2 aromatic rings. The van der Waals surface area contributed by atoms with Crippen molar-refractivity contribution in [3.63, 3.8) is 0 Å². The summed E-state index contributed by atoms with van der Waals surface area (Å²) in [5, 5.41) is 2.12. The van der Waals surface area contributed by atoms with Crippen LogP contribution in [0.25, 0.3) is 0 Å². The first-order valence-corrected chi connectivity index (χ1v) is 9.05. The topological polar surface area (TPSA) is 55.4 Å². The molecule has 7 heteroatoms. The molecule has 3 rings (SSSR count).